The first kappa shape index (κ1) is 13.8. The van der Waals surface area contributed by atoms with Crippen molar-refractivity contribution in [1.29, 1.82) is 0 Å². The van der Waals surface area contributed by atoms with Crippen LogP contribution in [0.15, 0.2) is 18.2 Å². The van der Waals surface area contributed by atoms with Gasteiger partial charge in [-0.3, -0.25) is 0 Å². The van der Waals surface area contributed by atoms with Crippen LogP contribution < -0.4 is 9.47 Å². The van der Waals surface area contributed by atoms with Crippen molar-refractivity contribution in [2.24, 2.45) is 0 Å². The number of hydrogen-bond acceptors (Lipinski definition) is 5. The van der Waals surface area contributed by atoms with Gasteiger partial charge in [0.2, 0.25) is 5.28 Å². The van der Waals surface area contributed by atoms with Gasteiger partial charge in [-0.25, -0.2) is 0 Å². The van der Waals surface area contributed by atoms with Crippen LogP contribution in [0.1, 0.15) is 12.5 Å². The minimum atomic E-state index is 0.0131. The van der Waals surface area contributed by atoms with Gasteiger partial charge in [0, 0.05) is 5.02 Å². The van der Waals surface area contributed by atoms with Gasteiger partial charge in [-0.05, 0) is 49.2 Å². The summed E-state index contributed by atoms with van der Waals surface area (Å²) in [5, 5.41) is 0.676. The van der Waals surface area contributed by atoms with Crippen LogP contribution in [0.5, 0.6) is 17.8 Å². The second kappa shape index (κ2) is 6.04. The predicted molar refractivity (Wildman–Crippen MR) is 72.3 cm³/mol. The maximum absolute atomic E-state index is 5.94. The summed E-state index contributed by atoms with van der Waals surface area (Å²) in [7, 11) is 0. The van der Waals surface area contributed by atoms with Gasteiger partial charge in [0.1, 0.15) is 5.75 Å². The Hall–Kier alpha value is -1.59. The first-order valence-electron chi connectivity index (χ1n) is 5.57. The van der Waals surface area contributed by atoms with Crippen LogP contribution in [0.3, 0.4) is 0 Å². The molecule has 1 aromatic heterocycles. The maximum atomic E-state index is 5.94. The van der Waals surface area contributed by atoms with Gasteiger partial charge in [-0.2, -0.15) is 9.97 Å². The summed E-state index contributed by atoms with van der Waals surface area (Å²) in [4.78, 5) is 11.7. The molecule has 5 nitrogen and oxygen atoms in total. The quantitative estimate of drug-likeness (QED) is 0.862. The van der Waals surface area contributed by atoms with E-state index in [1.165, 1.54) is 0 Å². The van der Waals surface area contributed by atoms with Crippen molar-refractivity contribution >= 4 is 23.2 Å². The van der Waals surface area contributed by atoms with Crippen molar-refractivity contribution < 1.29 is 9.47 Å². The van der Waals surface area contributed by atoms with Crippen LogP contribution >= 0.6 is 23.2 Å². The van der Waals surface area contributed by atoms with Gasteiger partial charge in [0.05, 0.1) is 6.61 Å². The molecule has 1 heterocycles. The summed E-state index contributed by atoms with van der Waals surface area (Å²) in [5.74, 6) is 0.562. The number of rotatable bonds is 4. The van der Waals surface area contributed by atoms with E-state index in [-0.39, 0.29) is 17.3 Å². The van der Waals surface area contributed by atoms with Crippen LogP contribution in [0, 0.1) is 6.92 Å². The van der Waals surface area contributed by atoms with E-state index < -0.39 is 0 Å². The molecule has 0 unspecified atom stereocenters. The highest BCUT2D eigenvalue weighted by Crippen LogP contribution is 2.25. The fourth-order valence-corrected chi connectivity index (χ4v) is 1.60. The van der Waals surface area contributed by atoms with Gasteiger partial charge in [0.15, 0.2) is 0 Å². The summed E-state index contributed by atoms with van der Waals surface area (Å²) in [6.45, 7) is 4.13. The SMILES string of the molecule is CCOc1nc(Cl)nc(Oc2ccc(Cl)c(C)c2)n1. The Bertz CT molecular complexity index is 593. The highest BCUT2D eigenvalue weighted by molar-refractivity contribution is 6.31. The van der Waals surface area contributed by atoms with E-state index in [4.69, 9.17) is 32.7 Å². The Balaban J connectivity index is 2.24. The lowest BCUT2D eigenvalue weighted by Gasteiger charge is -2.07. The molecule has 2 aromatic rings. The molecule has 0 aliphatic rings. The minimum absolute atomic E-state index is 0.0131. The van der Waals surface area contributed by atoms with Crippen molar-refractivity contribution in [2.45, 2.75) is 13.8 Å². The van der Waals surface area contributed by atoms with Crippen LogP contribution in [0.2, 0.25) is 10.3 Å². The fraction of sp³-hybridized carbons (Fsp3) is 0.250. The van der Waals surface area contributed by atoms with Gasteiger partial charge in [0.25, 0.3) is 0 Å². The molecule has 0 saturated carbocycles. The zero-order valence-electron chi connectivity index (χ0n) is 10.4. The molecule has 0 spiro atoms. The van der Waals surface area contributed by atoms with Crippen molar-refractivity contribution in [2.75, 3.05) is 6.61 Å². The molecule has 0 atom stereocenters. The number of nitrogens with zero attached hydrogens (tertiary/aromatic N) is 3. The summed E-state index contributed by atoms with van der Waals surface area (Å²) in [5.41, 5.74) is 0.893. The third kappa shape index (κ3) is 3.68. The van der Waals surface area contributed by atoms with Gasteiger partial charge >= 0.3 is 12.0 Å². The molecule has 0 radical (unpaired) electrons. The lowest BCUT2D eigenvalue weighted by Crippen LogP contribution is -2.01. The predicted octanol–water partition coefficient (Wildman–Crippen LogP) is 3.68. The number of benzene rings is 1. The first-order chi connectivity index (χ1) is 9.08. The average molecular weight is 300 g/mol. The van der Waals surface area contributed by atoms with Crippen molar-refractivity contribution in [3.05, 3.63) is 34.1 Å². The van der Waals surface area contributed by atoms with E-state index in [0.717, 1.165) is 5.56 Å². The molecule has 0 aliphatic heterocycles. The Morgan fingerprint density at radius 3 is 2.53 bits per heavy atom. The van der Waals surface area contributed by atoms with Crippen molar-refractivity contribution in [1.82, 2.24) is 15.0 Å². The summed E-state index contributed by atoms with van der Waals surface area (Å²) in [6, 6.07) is 5.43. The Morgan fingerprint density at radius 1 is 1.11 bits per heavy atom. The van der Waals surface area contributed by atoms with Gasteiger partial charge in [-0.15, -0.1) is 4.98 Å². The molecule has 0 aliphatic carbocycles. The Kier molecular flexibility index (Phi) is 4.39. The van der Waals surface area contributed by atoms with Crippen LogP contribution in [-0.4, -0.2) is 21.6 Å². The fourth-order valence-electron chi connectivity index (χ4n) is 1.34. The Morgan fingerprint density at radius 2 is 1.84 bits per heavy atom. The lowest BCUT2D eigenvalue weighted by molar-refractivity contribution is 0.303. The molecular weight excluding hydrogens is 289 g/mol. The molecule has 0 amide bonds. The van der Waals surface area contributed by atoms with Crippen LogP contribution in [0.25, 0.3) is 0 Å². The second-order valence-electron chi connectivity index (χ2n) is 3.62. The summed E-state index contributed by atoms with van der Waals surface area (Å²) >= 11 is 11.7. The number of ether oxygens (including phenoxy) is 2. The van der Waals surface area contributed by atoms with E-state index >= 15 is 0 Å². The average Bonchev–Trinajstić information content (AvgIpc) is 2.33. The van der Waals surface area contributed by atoms with Gasteiger partial charge < -0.3 is 9.47 Å². The first-order valence-corrected chi connectivity index (χ1v) is 6.32. The molecule has 2 rings (SSSR count). The van der Waals surface area contributed by atoms with E-state index in [2.05, 4.69) is 15.0 Å². The van der Waals surface area contributed by atoms with E-state index in [0.29, 0.717) is 17.4 Å². The van der Waals surface area contributed by atoms with E-state index in [9.17, 15) is 0 Å². The minimum Gasteiger partial charge on any atom is -0.464 e. The highest BCUT2D eigenvalue weighted by Gasteiger charge is 2.08. The van der Waals surface area contributed by atoms with Crippen molar-refractivity contribution in [3.8, 4) is 17.8 Å². The zero-order valence-corrected chi connectivity index (χ0v) is 11.9. The van der Waals surface area contributed by atoms with E-state index in [1.54, 1.807) is 18.2 Å². The highest BCUT2D eigenvalue weighted by atomic mass is 35.5. The lowest BCUT2D eigenvalue weighted by atomic mass is 10.2. The third-order valence-electron chi connectivity index (χ3n) is 2.18. The standard InChI is InChI=1S/C12H11Cl2N3O2/c1-3-18-11-15-10(14)16-12(17-11)19-8-4-5-9(13)7(2)6-8/h4-6H,3H2,1-2H3. The molecular formula is C12H11Cl2N3O2. The number of hydrogen-bond donors (Lipinski definition) is 0. The molecule has 0 bridgehead atoms. The molecule has 100 valence electrons. The normalized spacial score (nSPS) is 10.3. The maximum Gasteiger partial charge on any atom is 0.329 e. The molecule has 0 N–H and O–H groups in total. The molecule has 7 heteroatoms. The van der Waals surface area contributed by atoms with Crippen molar-refractivity contribution in [3.63, 3.8) is 0 Å². The summed E-state index contributed by atoms with van der Waals surface area (Å²) in [6.07, 6.45) is 0. The Labute approximate surface area is 120 Å². The number of aromatic nitrogens is 3. The van der Waals surface area contributed by atoms with Crippen LogP contribution in [0.4, 0.5) is 0 Å². The second-order valence-corrected chi connectivity index (χ2v) is 4.36. The number of halogens is 2. The zero-order chi connectivity index (χ0) is 13.8. The monoisotopic (exact) mass is 299 g/mol. The van der Waals surface area contributed by atoms with Gasteiger partial charge in [-0.1, -0.05) is 11.6 Å². The molecule has 0 fully saturated rings. The molecule has 0 saturated heterocycles. The van der Waals surface area contributed by atoms with Crippen LogP contribution in [-0.2, 0) is 0 Å². The third-order valence-corrected chi connectivity index (χ3v) is 2.77. The topological polar surface area (TPSA) is 57.1 Å². The smallest absolute Gasteiger partial charge is 0.329 e. The largest absolute Gasteiger partial charge is 0.464 e. The summed E-state index contributed by atoms with van der Waals surface area (Å²) < 4.78 is 10.7. The number of aryl methyl sites for hydroxylation is 1. The molecule has 19 heavy (non-hydrogen) atoms. The molecule has 1 aromatic carbocycles. The van der Waals surface area contributed by atoms with E-state index in [1.807, 2.05) is 13.8 Å².